The molecule has 0 aliphatic heterocycles. The Kier molecular flexibility index (Phi) is 10.4. The molecule has 0 fully saturated rings. The van der Waals surface area contributed by atoms with Crippen LogP contribution in [-0.2, 0) is 16.6 Å². The molecule has 2 rings (SSSR count). The van der Waals surface area contributed by atoms with Gasteiger partial charge in [0.15, 0.2) is 0 Å². The molecule has 0 aromatic rings. The molecule has 0 N–H and O–H groups in total. The Bertz CT molecular complexity index is 516. The summed E-state index contributed by atoms with van der Waals surface area (Å²) in [5.74, 6) is 1.40. The van der Waals surface area contributed by atoms with Crippen molar-refractivity contribution in [2.24, 2.45) is 11.8 Å². The van der Waals surface area contributed by atoms with Gasteiger partial charge in [-0.2, -0.15) is 0 Å². The summed E-state index contributed by atoms with van der Waals surface area (Å²) in [5, 5.41) is 0. The second kappa shape index (κ2) is 9.98. The molecular formula is C18H30Br2SiTi. The summed E-state index contributed by atoms with van der Waals surface area (Å²) >= 11 is -1.23. The van der Waals surface area contributed by atoms with Crippen molar-refractivity contribution in [3.63, 3.8) is 0 Å². The average molecular weight is 482 g/mol. The molecule has 0 bridgehead atoms. The van der Waals surface area contributed by atoms with Crippen LogP contribution in [0.25, 0.3) is 0 Å². The van der Waals surface area contributed by atoms with Crippen LogP contribution in [0.5, 0.6) is 0 Å². The fraction of sp³-hybridized carbons (Fsp3) is 0.556. The van der Waals surface area contributed by atoms with Crippen molar-refractivity contribution >= 4 is 40.1 Å². The standard InChI is InChI=1S/2C8H11.C2H6Si.2BrH.Ti/c2*1-7(2)8-5-3-4-6-8;1-3-2;;;/h2*3,5,7H,4H2,1-2H3;1-2H3;2*1H;. The van der Waals surface area contributed by atoms with Crippen molar-refractivity contribution in [1.29, 1.82) is 0 Å². The summed E-state index contributed by atoms with van der Waals surface area (Å²) in [5.41, 5.74) is 3.38. The number of hydrogen-bond acceptors (Lipinski definition) is 0. The quantitative estimate of drug-likeness (QED) is 0.389. The molecule has 124 valence electrons. The Balaban J connectivity index is 0.00000220. The molecule has 0 aromatic carbocycles. The maximum absolute atomic E-state index is 2.56. The number of hydrogen-bond donors (Lipinski definition) is 0. The van der Waals surface area contributed by atoms with E-state index in [4.69, 9.17) is 0 Å². The van der Waals surface area contributed by atoms with Gasteiger partial charge < -0.3 is 0 Å². The minimum absolute atomic E-state index is 0. The van der Waals surface area contributed by atoms with Crippen molar-refractivity contribution in [2.75, 3.05) is 0 Å². The van der Waals surface area contributed by atoms with E-state index < -0.39 is 16.6 Å². The summed E-state index contributed by atoms with van der Waals surface area (Å²) < 4.78 is 3.80. The predicted octanol–water partition coefficient (Wildman–Crippen LogP) is 6.75. The summed E-state index contributed by atoms with van der Waals surface area (Å²) in [6, 6.07) is 0. The van der Waals surface area contributed by atoms with Gasteiger partial charge in [0.2, 0.25) is 0 Å². The number of rotatable bonds is 4. The Morgan fingerprint density at radius 3 is 1.45 bits per heavy atom. The van der Waals surface area contributed by atoms with E-state index in [0.29, 0.717) is 11.8 Å². The molecule has 0 heterocycles. The first-order valence-electron chi connectivity index (χ1n) is 7.90. The van der Waals surface area contributed by atoms with E-state index >= 15 is 0 Å². The van der Waals surface area contributed by atoms with E-state index in [1.54, 1.807) is 11.1 Å². The Hall–Kier alpha value is 0.851. The average Bonchev–Trinajstić information content (AvgIpc) is 2.97. The predicted molar refractivity (Wildman–Crippen MR) is 109 cm³/mol. The maximum atomic E-state index is 2.56. The van der Waals surface area contributed by atoms with Crippen LogP contribution in [0.2, 0.25) is 13.1 Å². The van der Waals surface area contributed by atoms with Gasteiger partial charge in [0.05, 0.1) is 0 Å². The molecule has 0 nitrogen and oxygen atoms in total. The van der Waals surface area contributed by atoms with E-state index in [1.807, 2.05) is 7.76 Å². The first-order valence-corrected chi connectivity index (χ1v) is 14.3. The Morgan fingerprint density at radius 1 is 0.818 bits per heavy atom. The van der Waals surface area contributed by atoms with Crippen molar-refractivity contribution in [1.82, 2.24) is 0 Å². The van der Waals surface area contributed by atoms with Crippen LogP contribution in [-0.4, -0.2) is 6.19 Å². The normalized spacial score (nSPS) is 16.5. The summed E-state index contributed by atoms with van der Waals surface area (Å²) in [4.78, 5) is 0. The molecule has 0 aromatic heterocycles. The van der Waals surface area contributed by atoms with Crippen LogP contribution in [0.15, 0.2) is 43.2 Å². The Labute approximate surface area is 164 Å². The van der Waals surface area contributed by atoms with Gasteiger partial charge in [-0.15, -0.1) is 34.0 Å². The molecule has 0 spiro atoms. The molecule has 22 heavy (non-hydrogen) atoms. The van der Waals surface area contributed by atoms with Crippen molar-refractivity contribution < 1.29 is 16.6 Å². The summed E-state index contributed by atoms with van der Waals surface area (Å²) in [7, 11) is 0. The first-order chi connectivity index (χ1) is 9.43. The van der Waals surface area contributed by atoms with Crippen LogP contribution in [0.3, 0.4) is 0 Å². The van der Waals surface area contributed by atoms with E-state index in [0.717, 1.165) is 0 Å². The van der Waals surface area contributed by atoms with Crippen LogP contribution in [0.4, 0.5) is 0 Å². The van der Waals surface area contributed by atoms with Gasteiger partial charge in [0, 0.05) is 0 Å². The monoisotopic (exact) mass is 480 g/mol. The van der Waals surface area contributed by atoms with E-state index in [9.17, 15) is 0 Å². The van der Waals surface area contributed by atoms with E-state index in [2.05, 4.69) is 65.1 Å². The zero-order chi connectivity index (χ0) is 14.9. The second-order valence-corrected chi connectivity index (χ2v) is 18.6. The zero-order valence-electron chi connectivity index (χ0n) is 14.7. The SMILES string of the molecule is Br.Br.CC(C)C1=[C]([Ti]([C]2=C(C(C)C)C=CC2)=[Si](C)C)CC=C1. The van der Waals surface area contributed by atoms with Gasteiger partial charge in [-0.3, -0.25) is 0 Å². The van der Waals surface area contributed by atoms with E-state index in [-0.39, 0.29) is 40.1 Å². The number of allylic oxidation sites excluding steroid dienone is 8. The molecule has 0 unspecified atom stereocenters. The van der Waals surface area contributed by atoms with E-state index in [1.165, 1.54) is 12.8 Å². The third-order valence-corrected chi connectivity index (χ3v) is 15.9. The second-order valence-electron chi connectivity index (χ2n) is 6.77. The summed E-state index contributed by atoms with van der Waals surface area (Å²) in [6.45, 7) is 14.6. The van der Waals surface area contributed by atoms with Crippen molar-refractivity contribution in [3.8, 4) is 0 Å². The van der Waals surface area contributed by atoms with Crippen LogP contribution >= 0.6 is 34.0 Å². The van der Waals surface area contributed by atoms with Gasteiger partial charge >= 0.3 is 131 Å². The minimum atomic E-state index is -1.23. The molecular weight excluding hydrogens is 452 g/mol. The van der Waals surface area contributed by atoms with Gasteiger partial charge in [-0.25, -0.2) is 0 Å². The van der Waals surface area contributed by atoms with Crippen molar-refractivity contribution in [2.45, 2.75) is 53.6 Å². The van der Waals surface area contributed by atoms with Crippen LogP contribution in [0.1, 0.15) is 40.5 Å². The Morgan fingerprint density at radius 2 is 1.18 bits per heavy atom. The molecule has 0 saturated heterocycles. The van der Waals surface area contributed by atoms with Gasteiger partial charge in [0.1, 0.15) is 0 Å². The fourth-order valence-electron chi connectivity index (χ4n) is 3.40. The molecule has 2 aliphatic rings. The van der Waals surface area contributed by atoms with Crippen molar-refractivity contribution in [3.05, 3.63) is 43.2 Å². The molecule has 0 atom stereocenters. The molecule has 4 heteroatoms. The molecule has 0 amide bonds. The number of halogens is 2. The van der Waals surface area contributed by atoms with Gasteiger partial charge in [-0.05, 0) is 0 Å². The fourth-order valence-corrected chi connectivity index (χ4v) is 15.9. The first kappa shape index (κ1) is 22.9. The van der Waals surface area contributed by atoms with Gasteiger partial charge in [-0.1, -0.05) is 0 Å². The zero-order valence-corrected chi connectivity index (χ0v) is 20.7. The van der Waals surface area contributed by atoms with Crippen LogP contribution < -0.4 is 0 Å². The van der Waals surface area contributed by atoms with Gasteiger partial charge in [0.25, 0.3) is 0 Å². The molecule has 0 radical (unpaired) electrons. The summed E-state index contributed by atoms with van der Waals surface area (Å²) in [6.07, 6.45) is 12.0. The topological polar surface area (TPSA) is 0 Å². The molecule has 0 saturated carbocycles. The molecule has 2 aliphatic carbocycles. The third-order valence-electron chi connectivity index (χ3n) is 4.28. The van der Waals surface area contributed by atoms with Crippen LogP contribution in [0, 0.1) is 11.8 Å². The third kappa shape index (κ3) is 4.92.